The van der Waals surface area contributed by atoms with Crippen molar-refractivity contribution in [1.82, 2.24) is 5.32 Å². The first-order chi connectivity index (χ1) is 8.92. The van der Waals surface area contributed by atoms with Crippen molar-refractivity contribution in [3.8, 4) is 0 Å². The van der Waals surface area contributed by atoms with Crippen LogP contribution in [0.15, 0.2) is 24.3 Å². The van der Waals surface area contributed by atoms with Gasteiger partial charge in [0.1, 0.15) is 5.82 Å². The summed E-state index contributed by atoms with van der Waals surface area (Å²) in [5.41, 5.74) is 2.00. The number of benzene rings is 1. The zero-order chi connectivity index (χ0) is 13.7. The van der Waals surface area contributed by atoms with Crippen LogP contribution in [-0.4, -0.2) is 6.04 Å². The summed E-state index contributed by atoms with van der Waals surface area (Å²) in [5.74, 6) is 0.708. The van der Waals surface area contributed by atoms with Crippen LogP contribution in [0.25, 0.3) is 0 Å². The molecule has 0 amide bonds. The van der Waals surface area contributed by atoms with Gasteiger partial charge in [-0.2, -0.15) is 0 Å². The number of halogens is 1. The largest absolute Gasteiger partial charge is 0.309 e. The third kappa shape index (κ3) is 2.10. The molecule has 0 aromatic heterocycles. The first-order valence-corrected chi connectivity index (χ1v) is 7.40. The lowest BCUT2D eigenvalue weighted by molar-refractivity contribution is 0.108. The van der Waals surface area contributed by atoms with Crippen LogP contribution >= 0.6 is 0 Å². The molecule has 3 rings (SSSR count). The van der Waals surface area contributed by atoms with E-state index in [2.05, 4.69) is 26.1 Å². The van der Waals surface area contributed by atoms with Gasteiger partial charge in [-0.05, 0) is 53.7 Å². The number of hydrogen-bond donors (Lipinski definition) is 1. The van der Waals surface area contributed by atoms with Crippen LogP contribution in [0, 0.1) is 22.6 Å². The van der Waals surface area contributed by atoms with Gasteiger partial charge in [0.15, 0.2) is 0 Å². The van der Waals surface area contributed by atoms with Crippen LogP contribution in [0.1, 0.15) is 45.6 Å². The van der Waals surface area contributed by atoms with Crippen molar-refractivity contribution in [2.75, 3.05) is 0 Å². The SMILES string of the molecule is CC1(C)C(NCc2ccc(F)cc2)[C@]2(C)CC[C@H]1C2. The normalized spacial score (nSPS) is 35.8. The number of rotatable bonds is 3. The molecule has 2 aliphatic carbocycles. The Morgan fingerprint density at radius 3 is 2.47 bits per heavy atom. The predicted octanol–water partition coefficient (Wildman–Crippen LogP) is 4.13. The monoisotopic (exact) mass is 261 g/mol. The molecule has 2 saturated carbocycles. The van der Waals surface area contributed by atoms with Gasteiger partial charge in [0.05, 0.1) is 0 Å². The van der Waals surface area contributed by atoms with Crippen LogP contribution in [0.4, 0.5) is 4.39 Å². The predicted molar refractivity (Wildman–Crippen MR) is 76.3 cm³/mol. The zero-order valence-corrected chi connectivity index (χ0v) is 12.2. The minimum Gasteiger partial charge on any atom is -0.309 e. The van der Waals surface area contributed by atoms with Crippen LogP contribution in [0.2, 0.25) is 0 Å². The van der Waals surface area contributed by atoms with Crippen molar-refractivity contribution in [2.24, 2.45) is 16.7 Å². The second-order valence-corrected chi connectivity index (χ2v) is 7.36. The molecule has 1 aromatic carbocycles. The van der Waals surface area contributed by atoms with Crippen LogP contribution in [0.5, 0.6) is 0 Å². The van der Waals surface area contributed by atoms with E-state index in [9.17, 15) is 4.39 Å². The minimum absolute atomic E-state index is 0.157. The van der Waals surface area contributed by atoms with Crippen molar-refractivity contribution in [1.29, 1.82) is 0 Å². The molecule has 0 heterocycles. The van der Waals surface area contributed by atoms with E-state index in [0.29, 0.717) is 16.9 Å². The molecule has 3 atom stereocenters. The van der Waals surface area contributed by atoms with Gasteiger partial charge in [0.2, 0.25) is 0 Å². The summed E-state index contributed by atoms with van der Waals surface area (Å²) in [6, 6.07) is 7.43. The Labute approximate surface area is 115 Å². The van der Waals surface area contributed by atoms with Crippen LogP contribution in [-0.2, 0) is 6.54 Å². The quantitative estimate of drug-likeness (QED) is 0.862. The summed E-state index contributed by atoms with van der Waals surface area (Å²) in [4.78, 5) is 0. The maximum absolute atomic E-state index is 12.9. The third-order valence-corrected chi connectivity index (χ3v) is 5.69. The highest BCUT2D eigenvalue weighted by molar-refractivity contribution is 5.17. The van der Waals surface area contributed by atoms with Gasteiger partial charge < -0.3 is 5.32 Å². The molecule has 1 N–H and O–H groups in total. The lowest BCUT2D eigenvalue weighted by Crippen LogP contribution is -2.49. The summed E-state index contributed by atoms with van der Waals surface area (Å²) in [6.07, 6.45) is 4.10. The molecule has 2 bridgehead atoms. The van der Waals surface area contributed by atoms with Crippen molar-refractivity contribution in [3.63, 3.8) is 0 Å². The fourth-order valence-electron chi connectivity index (χ4n) is 4.63. The highest BCUT2D eigenvalue weighted by Gasteiger charge is 2.58. The standard InChI is InChI=1S/C17H24FN/c1-16(2)13-8-9-17(3,10-13)15(16)19-11-12-4-6-14(18)7-5-12/h4-7,13,15,19H,8-11H2,1-3H3/t13-,15?,17+/m0/s1. The molecule has 0 aliphatic heterocycles. The summed E-state index contributed by atoms with van der Waals surface area (Å²) >= 11 is 0. The zero-order valence-electron chi connectivity index (χ0n) is 12.2. The Bertz CT molecular complexity index is 460. The molecule has 2 fully saturated rings. The maximum atomic E-state index is 12.9. The third-order valence-electron chi connectivity index (χ3n) is 5.69. The smallest absolute Gasteiger partial charge is 0.123 e. The van der Waals surface area contributed by atoms with Crippen LogP contribution in [0.3, 0.4) is 0 Å². The van der Waals surface area contributed by atoms with Gasteiger partial charge in [-0.1, -0.05) is 32.9 Å². The lowest BCUT2D eigenvalue weighted by Gasteiger charge is -2.43. The Balaban J connectivity index is 1.71. The van der Waals surface area contributed by atoms with Crippen LogP contribution < -0.4 is 5.32 Å². The van der Waals surface area contributed by atoms with Gasteiger partial charge in [-0.15, -0.1) is 0 Å². The van der Waals surface area contributed by atoms with Crippen molar-refractivity contribution < 1.29 is 4.39 Å². The first kappa shape index (κ1) is 13.1. The molecule has 0 spiro atoms. The Hall–Kier alpha value is -0.890. The highest BCUT2D eigenvalue weighted by atomic mass is 19.1. The molecule has 104 valence electrons. The summed E-state index contributed by atoms with van der Waals surface area (Å²) in [6.45, 7) is 8.09. The van der Waals surface area contributed by atoms with E-state index >= 15 is 0 Å². The van der Waals surface area contributed by atoms with E-state index < -0.39 is 0 Å². The molecule has 0 radical (unpaired) electrons. The second kappa shape index (κ2) is 4.31. The van der Waals surface area contributed by atoms with E-state index in [4.69, 9.17) is 0 Å². The molecule has 1 aromatic rings. The summed E-state index contributed by atoms with van der Waals surface area (Å²) in [5, 5.41) is 3.76. The van der Waals surface area contributed by atoms with E-state index in [1.807, 2.05) is 12.1 Å². The van der Waals surface area contributed by atoms with Gasteiger partial charge in [-0.25, -0.2) is 4.39 Å². The topological polar surface area (TPSA) is 12.0 Å². The first-order valence-electron chi connectivity index (χ1n) is 7.40. The Morgan fingerprint density at radius 1 is 1.21 bits per heavy atom. The summed E-state index contributed by atoms with van der Waals surface area (Å²) in [7, 11) is 0. The second-order valence-electron chi connectivity index (χ2n) is 7.36. The molecule has 19 heavy (non-hydrogen) atoms. The molecule has 0 saturated heterocycles. The van der Waals surface area contributed by atoms with Gasteiger partial charge in [0.25, 0.3) is 0 Å². The van der Waals surface area contributed by atoms with E-state index in [1.54, 1.807) is 12.1 Å². The molecule has 1 unspecified atom stereocenters. The highest BCUT2D eigenvalue weighted by Crippen LogP contribution is 2.62. The van der Waals surface area contributed by atoms with Crippen molar-refractivity contribution in [2.45, 2.75) is 52.6 Å². The van der Waals surface area contributed by atoms with E-state index in [0.717, 1.165) is 12.5 Å². The van der Waals surface area contributed by atoms with Crippen molar-refractivity contribution in [3.05, 3.63) is 35.6 Å². The van der Waals surface area contributed by atoms with Crippen molar-refractivity contribution >= 4 is 0 Å². The summed E-state index contributed by atoms with van der Waals surface area (Å²) < 4.78 is 12.9. The fraction of sp³-hybridized carbons (Fsp3) is 0.647. The number of hydrogen-bond acceptors (Lipinski definition) is 1. The Kier molecular flexibility index (Phi) is 2.97. The lowest BCUT2D eigenvalue weighted by atomic mass is 9.68. The van der Waals surface area contributed by atoms with Gasteiger partial charge >= 0.3 is 0 Å². The molecule has 2 heteroatoms. The fourth-order valence-corrected chi connectivity index (χ4v) is 4.63. The maximum Gasteiger partial charge on any atom is 0.123 e. The average Bonchev–Trinajstić information content (AvgIpc) is 2.82. The van der Waals surface area contributed by atoms with E-state index in [-0.39, 0.29) is 5.82 Å². The molecular weight excluding hydrogens is 237 g/mol. The average molecular weight is 261 g/mol. The molecular formula is C17H24FN. The number of nitrogens with one attached hydrogen (secondary N) is 1. The molecule has 1 nitrogen and oxygen atoms in total. The van der Waals surface area contributed by atoms with E-state index in [1.165, 1.54) is 24.8 Å². The van der Waals surface area contributed by atoms with Gasteiger partial charge in [0, 0.05) is 12.6 Å². The minimum atomic E-state index is -0.157. The number of fused-ring (bicyclic) bond motifs is 2. The molecule has 2 aliphatic rings. The van der Waals surface area contributed by atoms with Gasteiger partial charge in [-0.3, -0.25) is 0 Å². The Morgan fingerprint density at radius 2 is 1.89 bits per heavy atom.